The fourth-order valence-corrected chi connectivity index (χ4v) is 3.13. The number of hydrogen-bond acceptors (Lipinski definition) is 1. The van der Waals surface area contributed by atoms with Gasteiger partial charge in [0.15, 0.2) is 0 Å². The Labute approximate surface area is 107 Å². The highest BCUT2D eigenvalue weighted by Gasteiger charge is 2.26. The van der Waals surface area contributed by atoms with Crippen LogP contribution in [0.4, 0.5) is 5.69 Å². The fraction of sp³-hybridized carbons (Fsp3) is 0.0769. The molecule has 3 heteroatoms. The first-order valence-electron chi connectivity index (χ1n) is 5.00. The molecule has 3 rings (SSSR count). The zero-order chi connectivity index (χ0) is 11.3. The van der Waals surface area contributed by atoms with Crippen molar-refractivity contribution in [1.82, 2.24) is 0 Å². The van der Waals surface area contributed by atoms with Gasteiger partial charge in [-0.2, -0.15) is 0 Å². The van der Waals surface area contributed by atoms with E-state index in [9.17, 15) is 0 Å². The Morgan fingerprint density at radius 3 is 2.38 bits per heavy atom. The Morgan fingerprint density at radius 1 is 1.00 bits per heavy atom. The molecule has 0 radical (unpaired) electrons. The van der Waals surface area contributed by atoms with Crippen LogP contribution in [0.1, 0.15) is 16.0 Å². The average molecular weight is 295 g/mol. The van der Waals surface area contributed by atoms with Crippen molar-refractivity contribution in [2.45, 2.75) is 4.83 Å². The molecule has 0 unspecified atom stereocenters. The quantitative estimate of drug-likeness (QED) is 0.566. The van der Waals surface area contributed by atoms with E-state index < -0.39 is 0 Å². The summed E-state index contributed by atoms with van der Waals surface area (Å²) in [5.74, 6) is 0. The Bertz CT molecular complexity index is 529. The second-order valence-electron chi connectivity index (χ2n) is 3.94. The van der Waals surface area contributed by atoms with Gasteiger partial charge in [-0.25, -0.2) is 0 Å². The van der Waals surface area contributed by atoms with Crippen LogP contribution in [-0.2, 0) is 0 Å². The van der Waals surface area contributed by atoms with Gasteiger partial charge in [-0.1, -0.05) is 39.7 Å². The number of anilines is 1. The molecule has 2 N–H and O–H groups in total. The topological polar surface area (TPSA) is 26.0 Å². The van der Waals surface area contributed by atoms with Crippen LogP contribution < -0.4 is 5.73 Å². The molecule has 80 valence electrons. The Balaban J connectivity index is 2.30. The standard InChI is InChI=1S/C13H9BrClN/c14-13-11-5-7(15)1-3-9(11)10-4-2-8(16)6-12(10)13/h1-6,13H,16H2/t13-/m1/s1. The summed E-state index contributed by atoms with van der Waals surface area (Å²) in [5, 5.41) is 0.768. The van der Waals surface area contributed by atoms with Crippen LogP contribution in [0.2, 0.25) is 5.02 Å². The summed E-state index contributed by atoms with van der Waals surface area (Å²) in [7, 11) is 0. The molecule has 16 heavy (non-hydrogen) atoms. The van der Waals surface area contributed by atoms with Crippen LogP contribution in [0.5, 0.6) is 0 Å². The van der Waals surface area contributed by atoms with Crippen molar-refractivity contribution in [1.29, 1.82) is 0 Å². The van der Waals surface area contributed by atoms with Crippen LogP contribution in [0.15, 0.2) is 36.4 Å². The van der Waals surface area contributed by atoms with Gasteiger partial charge in [0.1, 0.15) is 0 Å². The van der Waals surface area contributed by atoms with Gasteiger partial charge in [-0.3, -0.25) is 0 Å². The fourth-order valence-electron chi connectivity index (χ4n) is 2.19. The van der Waals surface area contributed by atoms with E-state index >= 15 is 0 Å². The number of fused-ring (bicyclic) bond motifs is 3. The minimum absolute atomic E-state index is 0.194. The predicted octanol–water partition coefficient (Wildman–Crippen LogP) is 4.39. The van der Waals surface area contributed by atoms with Gasteiger partial charge in [-0.15, -0.1) is 0 Å². The molecule has 0 aliphatic heterocycles. The lowest BCUT2D eigenvalue weighted by atomic mass is 10.1. The van der Waals surface area contributed by atoms with Crippen molar-refractivity contribution in [3.63, 3.8) is 0 Å². The number of rotatable bonds is 0. The van der Waals surface area contributed by atoms with Crippen LogP contribution in [0.25, 0.3) is 11.1 Å². The second-order valence-corrected chi connectivity index (χ2v) is 5.29. The summed E-state index contributed by atoms with van der Waals surface area (Å²) < 4.78 is 0. The Morgan fingerprint density at radius 2 is 1.62 bits per heavy atom. The second kappa shape index (κ2) is 3.51. The average Bonchev–Trinajstić information content (AvgIpc) is 2.53. The zero-order valence-corrected chi connectivity index (χ0v) is 10.7. The molecule has 0 saturated heterocycles. The number of hydrogen-bond donors (Lipinski definition) is 1. The van der Waals surface area contributed by atoms with Crippen molar-refractivity contribution < 1.29 is 0 Å². The molecule has 0 aromatic heterocycles. The monoisotopic (exact) mass is 293 g/mol. The van der Waals surface area contributed by atoms with Crippen LogP contribution in [0, 0.1) is 0 Å². The van der Waals surface area contributed by atoms with Gasteiger partial charge < -0.3 is 5.73 Å². The van der Waals surface area contributed by atoms with Crippen LogP contribution >= 0.6 is 27.5 Å². The normalized spacial score (nSPS) is 17.0. The summed E-state index contributed by atoms with van der Waals surface area (Å²) in [6, 6.07) is 12.0. The lowest BCUT2D eigenvalue weighted by Crippen LogP contribution is -1.89. The van der Waals surface area contributed by atoms with E-state index in [1.54, 1.807) is 0 Å². The summed E-state index contributed by atoms with van der Waals surface area (Å²) in [5.41, 5.74) is 11.5. The molecule has 0 spiro atoms. The molecular weight excluding hydrogens is 286 g/mol. The minimum atomic E-state index is 0.194. The molecule has 1 aliphatic rings. The van der Waals surface area contributed by atoms with Gasteiger partial charge in [-0.05, 0) is 46.5 Å². The molecule has 1 nitrogen and oxygen atoms in total. The van der Waals surface area contributed by atoms with Crippen molar-refractivity contribution in [2.24, 2.45) is 0 Å². The number of nitrogen functional groups attached to an aromatic ring is 1. The first kappa shape index (κ1) is 10.2. The SMILES string of the molecule is Nc1ccc2c(c1)[C@H](Br)c1cc(Cl)ccc1-2. The van der Waals surface area contributed by atoms with Crippen molar-refractivity contribution in [2.75, 3.05) is 5.73 Å². The summed E-state index contributed by atoms with van der Waals surface area (Å²) in [4.78, 5) is 0.194. The molecule has 0 bridgehead atoms. The number of nitrogens with two attached hydrogens (primary N) is 1. The Hall–Kier alpha value is -0.990. The highest BCUT2D eigenvalue weighted by Crippen LogP contribution is 2.49. The van der Waals surface area contributed by atoms with Gasteiger partial charge in [0.2, 0.25) is 0 Å². The third-order valence-corrected chi connectivity index (χ3v) is 4.15. The first-order chi connectivity index (χ1) is 7.66. The van der Waals surface area contributed by atoms with Crippen molar-refractivity contribution >= 4 is 33.2 Å². The third-order valence-electron chi connectivity index (χ3n) is 2.93. The number of benzene rings is 2. The zero-order valence-electron chi connectivity index (χ0n) is 8.37. The van der Waals surface area contributed by atoms with Crippen molar-refractivity contribution in [3.05, 3.63) is 52.5 Å². The predicted molar refractivity (Wildman–Crippen MR) is 72.1 cm³/mol. The molecule has 0 heterocycles. The lowest BCUT2D eigenvalue weighted by Gasteiger charge is -2.04. The summed E-state index contributed by atoms with van der Waals surface area (Å²) in [6.07, 6.45) is 0. The summed E-state index contributed by atoms with van der Waals surface area (Å²) >= 11 is 9.71. The maximum atomic E-state index is 6.02. The molecule has 0 amide bonds. The Kier molecular flexibility index (Phi) is 2.23. The van der Waals surface area contributed by atoms with Crippen LogP contribution in [0.3, 0.4) is 0 Å². The lowest BCUT2D eigenvalue weighted by molar-refractivity contribution is 1.25. The molecule has 2 aromatic carbocycles. The molecule has 2 aromatic rings. The minimum Gasteiger partial charge on any atom is -0.399 e. The van der Waals surface area contributed by atoms with E-state index in [1.165, 1.54) is 22.3 Å². The largest absolute Gasteiger partial charge is 0.399 e. The van der Waals surface area contributed by atoms with Gasteiger partial charge in [0, 0.05) is 10.7 Å². The molecule has 0 saturated carbocycles. The third kappa shape index (κ3) is 1.37. The molecular formula is C13H9BrClN. The molecule has 1 aliphatic carbocycles. The van der Waals surface area contributed by atoms with E-state index in [-0.39, 0.29) is 4.83 Å². The number of halogens is 2. The van der Waals surface area contributed by atoms with E-state index in [4.69, 9.17) is 17.3 Å². The highest BCUT2D eigenvalue weighted by molar-refractivity contribution is 9.09. The van der Waals surface area contributed by atoms with Crippen LogP contribution in [-0.4, -0.2) is 0 Å². The van der Waals surface area contributed by atoms with Gasteiger partial charge >= 0.3 is 0 Å². The maximum Gasteiger partial charge on any atom is 0.0657 e. The maximum absolute atomic E-state index is 6.02. The number of alkyl halides is 1. The van der Waals surface area contributed by atoms with E-state index in [2.05, 4.69) is 28.1 Å². The van der Waals surface area contributed by atoms with Gasteiger partial charge in [0.25, 0.3) is 0 Å². The molecule has 0 fully saturated rings. The van der Waals surface area contributed by atoms with E-state index in [0.717, 1.165) is 10.7 Å². The summed E-state index contributed by atoms with van der Waals surface area (Å²) in [6.45, 7) is 0. The molecule has 1 atom stereocenters. The highest BCUT2D eigenvalue weighted by atomic mass is 79.9. The first-order valence-corrected chi connectivity index (χ1v) is 6.29. The van der Waals surface area contributed by atoms with E-state index in [1.807, 2.05) is 24.3 Å². The van der Waals surface area contributed by atoms with Gasteiger partial charge in [0.05, 0.1) is 4.83 Å². The smallest absolute Gasteiger partial charge is 0.0657 e. The van der Waals surface area contributed by atoms with Crippen molar-refractivity contribution in [3.8, 4) is 11.1 Å². The van der Waals surface area contributed by atoms with E-state index in [0.29, 0.717) is 0 Å².